The SMILES string of the molecule is CC/C=C/C/C=C/C/C=C/CCCCCCC(=O)OC(/C=C/CCCCCCCCCCCC)C(COP(=O)(O)OCC[N+](C)(C)C)NC(=O)CCCCCCCCC/C=C\CCCCCC. The number of allylic oxidation sites excluding steroid dienone is 9. The number of hydrogen-bond donors (Lipinski definition) is 2. The first kappa shape index (κ1) is 64.7. The molecule has 0 aromatic heterocycles. The van der Waals surface area contributed by atoms with Gasteiger partial charge in [0.05, 0.1) is 33.8 Å². The molecule has 0 fully saturated rings. The van der Waals surface area contributed by atoms with Crippen molar-refractivity contribution in [3.8, 4) is 0 Å². The number of esters is 1. The van der Waals surface area contributed by atoms with Crippen LogP contribution in [0.25, 0.3) is 0 Å². The van der Waals surface area contributed by atoms with Crippen molar-refractivity contribution in [2.45, 2.75) is 251 Å². The first-order valence-electron chi connectivity index (χ1n) is 27.6. The van der Waals surface area contributed by atoms with Gasteiger partial charge in [0.15, 0.2) is 0 Å². The normalized spacial score (nSPS) is 14.3. The Balaban J connectivity index is 5.43. The molecule has 0 aliphatic carbocycles. The monoisotopic (exact) mass is 962 g/mol. The molecule has 0 heterocycles. The van der Waals surface area contributed by atoms with Gasteiger partial charge in [0.25, 0.3) is 0 Å². The number of carbonyl (C=O) groups is 2. The first-order valence-corrected chi connectivity index (χ1v) is 29.1. The maximum Gasteiger partial charge on any atom is 0.472 e. The lowest BCUT2D eigenvalue weighted by Gasteiger charge is -2.27. The second-order valence-electron chi connectivity index (χ2n) is 19.7. The fraction of sp³-hybridized carbons (Fsp3) is 0.789. The highest BCUT2D eigenvalue weighted by Gasteiger charge is 2.30. The second kappa shape index (κ2) is 47.4. The summed E-state index contributed by atoms with van der Waals surface area (Å²) in [6.07, 6.45) is 57.8. The molecular weight excluding hydrogens is 856 g/mol. The van der Waals surface area contributed by atoms with Crippen LogP contribution < -0.4 is 5.32 Å². The Morgan fingerprint density at radius 2 is 0.955 bits per heavy atom. The number of carbonyl (C=O) groups excluding carboxylic acids is 2. The molecule has 0 aliphatic rings. The summed E-state index contributed by atoms with van der Waals surface area (Å²) in [5.41, 5.74) is 0. The minimum Gasteiger partial charge on any atom is -0.456 e. The van der Waals surface area contributed by atoms with Crippen LogP contribution in [-0.2, 0) is 27.9 Å². The molecular formula is C57H106N2O7P+. The predicted molar refractivity (Wildman–Crippen MR) is 286 cm³/mol. The van der Waals surface area contributed by atoms with Crippen LogP contribution in [0.5, 0.6) is 0 Å². The van der Waals surface area contributed by atoms with Crippen molar-refractivity contribution in [2.75, 3.05) is 40.9 Å². The number of phosphoric acid groups is 1. The van der Waals surface area contributed by atoms with Crippen molar-refractivity contribution >= 4 is 19.7 Å². The van der Waals surface area contributed by atoms with Crippen LogP contribution in [0.1, 0.15) is 239 Å². The van der Waals surface area contributed by atoms with Crippen LogP contribution in [0.3, 0.4) is 0 Å². The number of hydrogen-bond acceptors (Lipinski definition) is 6. The summed E-state index contributed by atoms with van der Waals surface area (Å²) in [5.74, 6) is -0.537. The average Bonchev–Trinajstić information content (AvgIpc) is 3.28. The van der Waals surface area contributed by atoms with E-state index in [0.29, 0.717) is 23.9 Å². The summed E-state index contributed by atoms with van der Waals surface area (Å²) >= 11 is 0. The number of unbranched alkanes of at least 4 members (excludes halogenated alkanes) is 25. The molecule has 0 aromatic carbocycles. The first-order chi connectivity index (χ1) is 32.4. The van der Waals surface area contributed by atoms with Gasteiger partial charge in [0.2, 0.25) is 5.91 Å². The Labute approximate surface area is 413 Å². The summed E-state index contributed by atoms with van der Waals surface area (Å²) in [6, 6.07) is -0.859. The molecule has 0 saturated carbocycles. The van der Waals surface area contributed by atoms with E-state index in [1.807, 2.05) is 33.3 Å². The second-order valence-corrected chi connectivity index (χ2v) is 21.2. The van der Waals surface area contributed by atoms with Gasteiger partial charge in [-0.05, 0) is 89.5 Å². The molecule has 67 heavy (non-hydrogen) atoms. The van der Waals surface area contributed by atoms with Gasteiger partial charge in [-0.2, -0.15) is 0 Å². The minimum atomic E-state index is -4.45. The lowest BCUT2D eigenvalue weighted by Crippen LogP contribution is -2.47. The zero-order valence-electron chi connectivity index (χ0n) is 44.4. The van der Waals surface area contributed by atoms with Gasteiger partial charge in [0.1, 0.15) is 19.3 Å². The molecule has 0 saturated heterocycles. The highest BCUT2D eigenvalue weighted by Crippen LogP contribution is 2.43. The number of nitrogens with zero attached hydrogens (tertiary/aromatic N) is 1. The number of amides is 1. The van der Waals surface area contributed by atoms with Crippen molar-refractivity contribution in [2.24, 2.45) is 0 Å². The van der Waals surface area contributed by atoms with Crippen molar-refractivity contribution in [1.82, 2.24) is 5.32 Å². The number of rotatable bonds is 49. The predicted octanol–water partition coefficient (Wildman–Crippen LogP) is 16.3. The van der Waals surface area contributed by atoms with E-state index in [4.69, 9.17) is 13.8 Å². The molecule has 0 aliphatic heterocycles. The van der Waals surface area contributed by atoms with E-state index in [-0.39, 0.29) is 31.5 Å². The molecule has 390 valence electrons. The summed E-state index contributed by atoms with van der Waals surface area (Å²) < 4.78 is 30.5. The van der Waals surface area contributed by atoms with Gasteiger partial charge >= 0.3 is 13.8 Å². The van der Waals surface area contributed by atoms with Gasteiger partial charge in [0, 0.05) is 12.8 Å². The Hall–Kier alpha value is -2.29. The summed E-state index contributed by atoms with van der Waals surface area (Å²) in [6.45, 7) is 6.86. The van der Waals surface area contributed by atoms with Gasteiger partial charge in [-0.3, -0.25) is 18.6 Å². The standard InChI is InChI=1S/C57H105N2O7P/c1-7-10-13-16-19-22-25-28-30-31-34-37-40-43-46-49-56(60)58-54(53-65-67(62,63)64-52-51-59(4,5)6)55(48-45-42-39-36-33-27-24-21-18-15-12-9-3)66-57(61)50-47-44-41-38-35-32-29-26-23-20-17-14-11-8-2/h11,14,20,22-23,25,29,32,45,48,54-55H,7-10,12-13,15-19,21,24,26-28,30-31,33-44,46-47,49-53H2,1-6H3,(H-,58,60,62,63)/p+1/b14-11+,23-20+,25-22-,32-29+,48-45+. The molecule has 10 heteroatoms. The van der Waals surface area contributed by atoms with E-state index in [1.165, 1.54) is 103 Å². The van der Waals surface area contributed by atoms with Crippen LogP contribution in [0, 0.1) is 0 Å². The largest absolute Gasteiger partial charge is 0.472 e. The summed E-state index contributed by atoms with van der Waals surface area (Å²) in [4.78, 5) is 37.5. The van der Waals surface area contributed by atoms with E-state index < -0.39 is 20.0 Å². The van der Waals surface area contributed by atoms with Crippen LogP contribution in [-0.4, -0.2) is 74.3 Å². The van der Waals surface area contributed by atoms with Crippen molar-refractivity contribution in [3.05, 3.63) is 60.8 Å². The van der Waals surface area contributed by atoms with Gasteiger partial charge in [-0.25, -0.2) is 4.57 Å². The number of nitrogens with one attached hydrogen (secondary N) is 1. The molecule has 0 aromatic rings. The topological polar surface area (TPSA) is 111 Å². The van der Waals surface area contributed by atoms with Crippen LogP contribution in [0.2, 0.25) is 0 Å². The Morgan fingerprint density at radius 1 is 0.537 bits per heavy atom. The average molecular weight is 962 g/mol. The van der Waals surface area contributed by atoms with Gasteiger partial charge < -0.3 is 19.4 Å². The fourth-order valence-electron chi connectivity index (χ4n) is 7.65. The van der Waals surface area contributed by atoms with E-state index >= 15 is 0 Å². The maximum atomic E-state index is 13.5. The number of ether oxygens (including phenoxy) is 1. The van der Waals surface area contributed by atoms with Crippen molar-refractivity contribution in [3.63, 3.8) is 0 Å². The molecule has 0 rings (SSSR count). The van der Waals surface area contributed by atoms with Crippen LogP contribution in [0.15, 0.2) is 60.8 Å². The highest BCUT2D eigenvalue weighted by molar-refractivity contribution is 7.47. The van der Waals surface area contributed by atoms with E-state index in [0.717, 1.165) is 96.3 Å². The van der Waals surface area contributed by atoms with E-state index in [1.54, 1.807) is 0 Å². The molecule has 3 unspecified atom stereocenters. The van der Waals surface area contributed by atoms with Crippen LogP contribution in [0.4, 0.5) is 0 Å². The summed E-state index contributed by atoms with van der Waals surface area (Å²) in [7, 11) is 1.48. The highest BCUT2D eigenvalue weighted by atomic mass is 31.2. The molecule has 2 N–H and O–H groups in total. The van der Waals surface area contributed by atoms with E-state index in [2.05, 4.69) is 74.7 Å². The smallest absolute Gasteiger partial charge is 0.456 e. The minimum absolute atomic E-state index is 0.0343. The third-order valence-electron chi connectivity index (χ3n) is 11.9. The summed E-state index contributed by atoms with van der Waals surface area (Å²) in [5, 5.41) is 3.03. The fourth-order valence-corrected chi connectivity index (χ4v) is 8.39. The molecule has 3 atom stereocenters. The van der Waals surface area contributed by atoms with Gasteiger partial charge in [-0.1, -0.05) is 197 Å². The van der Waals surface area contributed by atoms with Crippen molar-refractivity contribution in [1.29, 1.82) is 0 Å². The van der Waals surface area contributed by atoms with Gasteiger partial charge in [-0.15, -0.1) is 0 Å². The van der Waals surface area contributed by atoms with E-state index in [9.17, 15) is 19.0 Å². The zero-order valence-corrected chi connectivity index (χ0v) is 45.3. The molecule has 0 bridgehead atoms. The molecule has 9 nitrogen and oxygen atoms in total. The number of likely N-dealkylation sites (N-methyl/N-ethyl adjacent to an activating group) is 1. The lowest BCUT2D eigenvalue weighted by atomic mass is 10.0. The third-order valence-corrected chi connectivity index (χ3v) is 12.9. The molecule has 0 radical (unpaired) electrons. The Kier molecular flexibility index (Phi) is 45.8. The zero-order chi connectivity index (χ0) is 49.4. The Bertz CT molecular complexity index is 1340. The maximum absolute atomic E-state index is 13.5. The number of phosphoric ester groups is 1. The lowest BCUT2D eigenvalue weighted by molar-refractivity contribution is -0.870. The van der Waals surface area contributed by atoms with Crippen LogP contribution >= 0.6 is 7.82 Å². The third kappa shape index (κ3) is 48.5. The quantitative estimate of drug-likeness (QED) is 0.0205. The van der Waals surface area contributed by atoms with Crippen molar-refractivity contribution < 1.29 is 37.3 Å². The Morgan fingerprint density at radius 3 is 1.46 bits per heavy atom. The number of quaternary nitrogens is 1. The molecule has 0 spiro atoms. The molecule has 1 amide bonds.